The summed E-state index contributed by atoms with van der Waals surface area (Å²) >= 11 is 0. The lowest BCUT2D eigenvalue weighted by atomic mass is 10.4. The Morgan fingerprint density at radius 2 is 2.00 bits per heavy atom. The number of amides is 1. The van der Waals surface area contributed by atoms with Crippen LogP contribution in [0.3, 0.4) is 0 Å². The van der Waals surface area contributed by atoms with Crippen LogP contribution < -0.4 is 5.32 Å². The molecule has 0 radical (unpaired) electrons. The van der Waals surface area contributed by atoms with Crippen molar-refractivity contribution in [1.82, 2.24) is 10.2 Å². The summed E-state index contributed by atoms with van der Waals surface area (Å²) < 4.78 is 0. The summed E-state index contributed by atoms with van der Waals surface area (Å²) in [6.07, 6.45) is 0. The lowest BCUT2D eigenvalue weighted by Gasteiger charge is -2.25. The van der Waals surface area contributed by atoms with E-state index in [9.17, 15) is 4.79 Å². The van der Waals surface area contributed by atoms with Gasteiger partial charge in [0.25, 0.3) is 0 Å². The molecule has 0 bridgehead atoms. The van der Waals surface area contributed by atoms with Crippen LogP contribution in [0.15, 0.2) is 0 Å². The highest BCUT2D eigenvalue weighted by Gasteiger charge is 2.10. The van der Waals surface area contributed by atoms with Gasteiger partial charge < -0.3 is 10.2 Å². The first-order chi connectivity index (χ1) is 4.30. The topological polar surface area (TPSA) is 32.3 Å². The summed E-state index contributed by atoms with van der Waals surface area (Å²) in [7, 11) is 2.18. The highest BCUT2D eigenvalue weighted by Crippen LogP contribution is 1.99. The van der Waals surface area contributed by atoms with E-state index in [2.05, 4.69) is 14.6 Å². The molecule has 1 atom stereocenters. The number of nitrogens with one attached hydrogen (secondary N) is 1. The van der Waals surface area contributed by atoms with E-state index in [0.717, 1.165) is 26.2 Å². The summed E-state index contributed by atoms with van der Waals surface area (Å²) in [5.74, 6) is 0. The van der Waals surface area contributed by atoms with Gasteiger partial charge in [-0.2, -0.15) is 0 Å². The fourth-order valence-electron chi connectivity index (χ4n) is 0.885. The monoisotopic (exact) mass is 146 g/mol. The Hall–Kier alpha value is -0.140. The van der Waals surface area contributed by atoms with Crippen molar-refractivity contribution in [3.05, 3.63) is 0 Å². The summed E-state index contributed by atoms with van der Waals surface area (Å²) in [5, 5.41) is 3.17. The molecule has 0 aliphatic carbocycles. The van der Waals surface area contributed by atoms with Crippen LogP contribution in [0.1, 0.15) is 0 Å². The molecule has 0 aromatic heterocycles. The van der Waals surface area contributed by atoms with Gasteiger partial charge in [-0.15, -0.1) is 0 Å². The molecule has 0 spiro atoms. The number of carbonyl (C=O) groups is 1. The first-order valence-corrected chi connectivity index (χ1v) is 3.63. The molecular weight excluding hydrogens is 135 g/mol. The Kier molecular flexibility index (Phi) is 2.43. The van der Waals surface area contributed by atoms with Gasteiger partial charge in [0.2, 0.25) is 5.65 Å². The predicted octanol–water partition coefficient (Wildman–Crippen LogP) is -0.113. The molecule has 0 aromatic carbocycles. The smallest absolute Gasteiger partial charge is 0.237 e. The molecule has 4 heteroatoms. The molecule has 1 heterocycles. The van der Waals surface area contributed by atoms with Crippen molar-refractivity contribution in [2.75, 3.05) is 26.2 Å². The lowest BCUT2D eigenvalue weighted by molar-refractivity contribution is 0.215. The Bertz CT molecular complexity index is 112. The van der Waals surface area contributed by atoms with Crippen molar-refractivity contribution in [3.63, 3.8) is 0 Å². The van der Waals surface area contributed by atoms with Gasteiger partial charge in [-0.1, -0.05) is 0 Å². The third-order valence-corrected chi connectivity index (χ3v) is 1.79. The summed E-state index contributed by atoms with van der Waals surface area (Å²) in [5.41, 5.74) is 0.108. The van der Waals surface area contributed by atoms with E-state index in [4.69, 9.17) is 0 Å². The molecule has 3 nitrogen and oxygen atoms in total. The molecule has 1 fully saturated rings. The molecule has 1 rings (SSSR count). The minimum absolute atomic E-state index is 0.108. The van der Waals surface area contributed by atoms with Crippen molar-refractivity contribution >= 4 is 14.9 Å². The Labute approximate surface area is 57.0 Å². The van der Waals surface area contributed by atoms with E-state index in [1.165, 1.54) is 0 Å². The molecule has 1 aliphatic rings. The largest absolute Gasteiger partial charge is 0.337 e. The molecule has 52 valence electrons. The summed E-state index contributed by atoms with van der Waals surface area (Å²) in [6, 6.07) is 0. The molecule has 1 amide bonds. The van der Waals surface area contributed by atoms with Gasteiger partial charge >= 0.3 is 0 Å². The van der Waals surface area contributed by atoms with Gasteiger partial charge in [0.05, 0.1) is 0 Å². The van der Waals surface area contributed by atoms with Crippen LogP contribution in [0.4, 0.5) is 4.79 Å². The number of hydrogen-bond donors (Lipinski definition) is 1. The number of hydrogen-bond acceptors (Lipinski definition) is 2. The van der Waals surface area contributed by atoms with Crippen molar-refractivity contribution in [3.8, 4) is 0 Å². The van der Waals surface area contributed by atoms with E-state index in [0.29, 0.717) is 0 Å². The van der Waals surface area contributed by atoms with E-state index in [-0.39, 0.29) is 5.65 Å². The van der Waals surface area contributed by atoms with Crippen LogP contribution in [0, 0.1) is 0 Å². The maximum Gasteiger partial charge on any atom is 0.237 e. The van der Waals surface area contributed by atoms with Crippen LogP contribution in [0.2, 0.25) is 0 Å². The predicted molar refractivity (Wildman–Crippen MR) is 39.5 cm³/mol. The molecular formula is C5H11N2OP. The third-order valence-electron chi connectivity index (χ3n) is 1.43. The second-order valence-corrected chi connectivity index (χ2v) is 2.57. The van der Waals surface area contributed by atoms with Crippen LogP contribution in [-0.4, -0.2) is 36.7 Å². The fraction of sp³-hybridized carbons (Fsp3) is 0.800. The quantitative estimate of drug-likeness (QED) is 0.483. The average Bonchev–Trinajstić information content (AvgIpc) is 1.90. The highest BCUT2D eigenvalue weighted by atomic mass is 31.0. The van der Waals surface area contributed by atoms with E-state index in [1.54, 1.807) is 0 Å². The fourth-order valence-corrected chi connectivity index (χ4v) is 1.14. The van der Waals surface area contributed by atoms with Crippen LogP contribution in [0.25, 0.3) is 0 Å². The number of piperazine rings is 1. The summed E-state index contributed by atoms with van der Waals surface area (Å²) in [6.45, 7) is 3.56. The number of nitrogens with zero attached hydrogens (tertiary/aromatic N) is 1. The van der Waals surface area contributed by atoms with Crippen molar-refractivity contribution < 1.29 is 4.79 Å². The van der Waals surface area contributed by atoms with E-state index >= 15 is 0 Å². The van der Waals surface area contributed by atoms with Gasteiger partial charge in [0.15, 0.2) is 0 Å². The van der Waals surface area contributed by atoms with Gasteiger partial charge in [-0.05, 0) is 9.24 Å². The maximum atomic E-state index is 10.7. The zero-order valence-corrected chi connectivity index (χ0v) is 6.42. The molecule has 1 saturated heterocycles. The second-order valence-electron chi connectivity index (χ2n) is 2.08. The lowest BCUT2D eigenvalue weighted by Crippen LogP contribution is -2.44. The molecule has 1 unspecified atom stereocenters. The molecule has 9 heavy (non-hydrogen) atoms. The van der Waals surface area contributed by atoms with Gasteiger partial charge in [-0.3, -0.25) is 4.79 Å². The van der Waals surface area contributed by atoms with Crippen molar-refractivity contribution in [1.29, 1.82) is 0 Å². The molecule has 1 aliphatic heterocycles. The van der Waals surface area contributed by atoms with E-state index < -0.39 is 0 Å². The molecule has 1 N–H and O–H groups in total. The van der Waals surface area contributed by atoms with Gasteiger partial charge in [0.1, 0.15) is 0 Å². The zero-order valence-electron chi connectivity index (χ0n) is 5.26. The second kappa shape index (κ2) is 3.14. The first kappa shape index (κ1) is 6.97. The average molecular weight is 146 g/mol. The maximum absolute atomic E-state index is 10.7. The SMILES string of the molecule is O=C(P)N1CCNCC1. The highest BCUT2D eigenvalue weighted by molar-refractivity contribution is 7.39. The van der Waals surface area contributed by atoms with Crippen LogP contribution in [0.5, 0.6) is 0 Å². The summed E-state index contributed by atoms with van der Waals surface area (Å²) in [4.78, 5) is 12.5. The molecule has 0 saturated carbocycles. The third kappa shape index (κ3) is 1.92. The van der Waals surface area contributed by atoms with Crippen molar-refractivity contribution in [2.24, 2.45) is 0 Å². The Morgan fingerprint density at radius 1 is 1.44 bits per heavy atom. The minimum atomic E-state index is 0.108. The van der Waals surface area contributed by atoms with Crippen molar-refractivity contribution in [2.45, 2.75) is 0 Å². The minimum Gasteiger partial charge on any atom is -0.337 e. The van der Waals surface area contributed by atoms with Gasteiger partial charge in [-0.25, -0.2) is 0 Å². The number of carbonyl (C=O) groups excluding carboxylic acids is 1. The Morgan fingerprint density at radius 3 is 2.33 bits per heavy atom. The standard InChI is InChI=1S/C5H11N2OP/c8-5(9)7-3-1-6-2-4-7/h6H,1-4,9H2. The normalized spacial score (nSPS) is 19.9. The zero-order chi connectivity index (χ0) is 6.69. The number of rotatable bonds is 0. The first-order valence-electron chi connectivity index (χ1n) is 3.06. The molecule has 0 aromatic rings. The van der Waals surface area contributed by atoms with Crippen LogP contribution >= 0.6 is 9.24 Å². The Balaban J connectivity index is 2.31. The van der Waals surface area contributed by atoms with Crippen LogP contribution in [-0.2, 0) is 0 Å². The van der Waals surface area contributed by atoms with E-state index in [1.807, 2.05) is 4.90 Å². The van der Waals surface area contributed by atoms with Gasteiger partial charge in [0, 0.05) is 26.2 Å².